The van der Waals surface area contributed by atoms with Gasteiger partial charge in [-0.15, -0.1) is 0 Å². The van der Waals surface area contributed by atoms with Crippen molar-refractivity contribution in [2.24, 2.45) is 0 Å². The summed E-state index contributed by atoms with van der Waals surface area (Å²) in [6, 6.07) is 0. The Kier molecular flexibility index (Phi) is 4.94. The quantitative estimate of drug-likeness (QED) is 0.451. The van der Waals surface area contributed by atoms with E-state index in [9.17, 15) is 9.59 Å². The van der Waals surface area contributed by atoms with Gasteiger partial charge in [0.05, 0.1) is 6.61 Å². The minimum absolute atomic E-state index is 0.106. The van der Waals surface area contributed by atoms with Gasteiger partial charge in [-0.1, -0.05) is 0 Å². The van der Waals surface area contributed by atoms with Crippen LogP contribution in [0.3, 0.4) is 0 Å². The Morgan fingerprint density at radius 1 is 1.30 bits per heavy atom. The fourth-order valence-corrected chi connectivity index (χ4v) is 1.55. The maximum absolute atomic E-state index is 11.6. The summed E-state index contributed by atoms with van der Waals surface area (Å²) < 4.78 is 20.8. The summed E-state index contributed by atoms with van der Waals surface area (Å²) in [6.45, 7) is 10.3. The van der Waals surface area contributed by atoms with E-state index in [4.69, 9.17) is 18.9 Å². The summed E-state index contributed by atoms with van der Waals surface area (Å²) in [5, 5.41) is 0. The van der Waals surface area contributed by atoms with E-state index in [0.29, 0.717) is 6.61 Å². The van der Waals surface area contributed by atoms with Crippen LogP contribution in [0.5, 0.6) is 0 Å². The number of Topliss-reactive ketones (excluding diaryl/α,β-unsaturated/α-hetero) is 1. The largest absolute Gasteiger partial charge is 0.514 e. The molecule has 0 amide bonds. The molecular formula is C14H22O6. The zero-order valence-electron chi connectivity index (χ0n) is 12.8. The summed E-state index contributed by atoms with van der Waals surface area (Å²) in [5.74, 6) is -1.20. The summed E-state index contributed by atoms with van der Waals surface area (Å²) >= 11 is 0. The van der Waals surface area contributed by atoms with Crippen molar-refractivity contribution in [2.75, 3.05) is 6.61 Å². The second kappa shape index (κ2) is 5.93. The van der Waals surface area contributed by atoms with Crippen molar-refractivity contribution >= 4 is 11.9 Å². The lowest BCUT2D eigenvalue weighted by molar-refractivity contribution is -0.133. The van der Waals surface area contributed by atoms with Crippen molar-refractivity contribution in [3.8, 4) is 0 Å². The minimum Gasteiger partial charge on any atom is -0.428 e. The van der Waals surface area contributed by atoms with Crippen LogP contribution >= 0.6 is 0 Å². The summed E-state index contributed by atoms with van der Waals surface area (Å²) in [6.07, 6.45) is 0.0736. The number of ketones is 1. The van der Waals surface area contributed by atoms with Crippen molar-refractivity contribution in [3.05, 3.63) is 11.8 Å². The second-order valence-corrected chi connectivity index (χ2v) is 6.02. The number of ether oxygens (including phenoxy) is 4. The van der Waals surface area contributed by atoms with E-state index in [1.807, 2.05) is 0 Å². The van der Waals surface area contributed by atoms with Crippen molar-refractivity contribution in [1.29, 1.82) is 0 Å². The molecule has 6 nitrogen and oxygen atoms in total. The molecule has 1 aliphatic heterocycles. The minimum atomic E-state index is -0.919. The van der Waals surface area contributed by atoms with Gasteiger partial charge < -0.3 is 18.9 Å². The van der Waals surface area contributed by atoms with Crippen LogP contribution in [-0.4, -0.2) is 36.0 Å². The van der Waals surface area contributed by atoms with Gasteiger partial charge in [0.25, 0.3) is 0 Å². The van der Waals surface area contributed by atoms with Gasteiger partial charge in [0.15, 0.2) is 17.3 Å². The number of rotatable bonds is 3. The van der Waals surface area contributed by atoms with Gasteiger partial charge in [0, 0.05) is 6.92 Å². The number of carbonyl (C=O) groups excluding carboxylic acids is 2. The van der Waals surface area contributed by atoms with Gasteiger partial charge >= 0.3 is 6.16 Å². The molecule has 20 heavy (non-hydrogen) atoms. The fraction of sp³-hybridized carbons (Fsp3) is 0.714. The zero-order chi connectivity index (χ0) is 15.6. The molecule has 0 aliphatic carbocycles. The third kappa shape index (κ3) is 5.71. The molecule has 1 aliphatic rings. The Morgan fingerprint density at radius 3 is 2.30 bits per heavy atom. The highest BCUT2D eigenvalue weighted by Gasteiger charge is 2.32. The van der Waals surface area contributed by atoms with E-state index in [1.165, 1.54) is 13.0 Å². The molecular weight excluding hydrogens is 264 g/mol. The first-order chi connectivity index (χ1) is 8.98. The average molecular weight is 286 g/mol. The monoisotopic (exact) mass is 286 g/mol. The van der Waals surface area contributed by atoms with Gasteiger partial charge in [0.1, 0.15) is 11.7 Å². The molecule has 1 fully saturated rings. The van der Waals surface area contributed by atoms with Gasteiger partial charge in [-0.05, 0) is 40.7 Å². The number of hydrogen-bond acceptors (Lipinski definition) is 6. The Hall–Kier alpha value is -1.40. The van der Waals surface area contributed by atoms with Gasteiger partial charge in [-0.2, -0.15) is 0 Å². The lowest BCUT2D eigenvalue weighted by atomic mass is 10.2. The highest BCUT2D eigenvalue weighted by Crippen LogP contribution is 2.24. The molecule has 1 heterocycles. The molecule has 0 N–H and O–H groups in total. The first kappa shape index (κ1) is 16.7. The second-order valence-electron chi connectivity index (χ2n) is 6.02. The average Bonchev–Trinajstić information content (AvgIpc) is 2.54. The molecule has 1 saturated heterocycles. The van der Waals surface area contributed by atoms with Gasteiger partial charge in [0.2, 0.25) is 0 Å². The van der Waals surface area contributed by atoms with E-state index in [-0.39, 0.29) is 11.5 Å². The van der Waals surface area contributed by atoms with E-state index < -0.39 is 23.6 Å². The molecule has 0 radical (unpaired) electrons. The van der Waals surface area contributed by atoms with Crippen LogP contribution < -0.4 is 0 Å². The van der Waals surface area contributed by atoms with Crippen LogP contribution in [0.4, 0.5) is 4.79 Å². The number of allylic oxidation sites excluding steroid dienone is 1. The van der Waals surface area contributed by atoms with Crippen LogP contribution in [0, 0.1) is 0 Å². The maximum Gasteiger partial charge on any atom is 0.514 e. The molecule has 6 heteroatoms. The Morgan fingerprint density at radius 2 is 1.90 bits per heavy atom. The van der Waals surface area contributed by atoms with Crippen LogP contribution in [0.15, 0.2) is 11.8 Å². The van der Waals surface area contributed by atoms with Gasteiger partial charge in [-0.25, -0.2) is 4.79 Å². The lowest BCUT2D eigenvalue weighted by Crippen LogP contribution is -2.25. The molecule has 0 aromatic heterocycles. The highest BCUT2D eigenvalue weighted by molar-refractivity contribution is 5.93. The molecule has 0 aromatic rings. The molecule has 1 rings (SSSR count). The SMILES string of the molecule is CC(=O)/C(=C/[C@H]1COC(C)(C)O1)OC(=O)OC(C)(C)C. The topological polar surface area (TPSA) is 71.1 Å². The molecule has 0 spiro atoms. The molecule has 114 valence electrons. The smallest absolute Gasteiger partial charge is 0.428 e. The maximum atomic E-state index is 11.6. The summed E-state index contributed by atoms with van der Waals surface area (Å²) in [7, 11) is 0. The first-order valence-corrected chi connectivity index (χ1v) is 6.44. The standard InChI is InChI=1S/C14H22O6/c1-9(15)11(18-12(16)20-13(2,3)4)7-10-8-17-14(5,6)19-10/h7,10H,8H2,1-6H3/b11-7-/t10-/m0/s1. The van der Waals surface area contributed by atoms with Crippen LogP contribution in [-0.2, 0) is 23.7 Å². The molecule has 0 saturated carbocycles. The first-order valence-electron chi connectivity index (χ1n) is 6.44. The Bertz CT molecular complexity index is 416. The lowest BCUT2D eigenvalue weighted by Gasteiger charge is -2.19. The van der Waals surface area contributed by atoms with Crippen LogP contribution in [0.1, 0.15) is 41.5 Å². The van der Waals surface area contributed by atoms with Gasteiger partial charge in [-0.3, -0.25) is 4.79 Å². The van der Waals surface area contributed by atoms with Crippen molar-refractivity contribution in [1.82, 2.24) is 0 Å². The predicted molar refractivity (Wildman–Crippen MR) is 71.0 cm³/mol. The van der Waals surface area contributed by atoms with E-state index in [2.05, 4.69) is 0 Å². The molecule has 1 atom stereocenters. The van der Waals surface area contributed by atoms with E-state index >= 15 is 0 Å². The summed E-state index contributed by atoms with van der Waals surface area (Å²) in [5.41, 5.74) is -0.687. The van der Waals surface area contributed by atoms with Crippen molar-refractivity contribution in [2.45, 2.75) is 59.0 Å². The normalized spacial score (nSPS) is 22.5. The van der Waals surface area contributed by atoms with Crippen LogP contribution in [0.2, 0.25) is 0 Å². The summed E-state index contributed by atoms with van der Waals surface area (Å²) in [4.78, 5) is 23.1. The molecule has 0 aromatic carbocycles. The van der Waals surface area contributed by atoms with Crippen molar-refractivity contribution < 1.29 is 28.5 Å². The highest BCUT2D eigenvalue weighted by atomic mass is 16.7. The number of hydrogen-bond donors (Lipinski definition) is 0. The zero-order valence-corrected chi connectivity index (χ0v) is 12.8. The Labute approximate surface area is 119 Å². The van der Waals surface area contributed by atoms with Crippen LogP contribution in [0.25, 0.3) is 0 Å². The Balaban J connectivity index is 2.71. The number of carbonyl (C=O) groups is 2. The van der Waals surface area contributed by atoms with E-state index in [0.717, 1.165) is 0 Å². The predicted octanol–water partition coefficient (Wildman–Crippen LogP) is 2.56. The van der Waals surface area contributed by atoms with Crippen molar-refractivity contribution in [3.63, 3.8) is 0 Å². The third-order valence-electron chi connectivity index (χ3n) is 2.30. The molecule has 0 bridgehead atoms. The van der Waals surface area contributed by atoms with E-state index in [1.54, 1.807) is 34.6 Å². The fourth-order valence-electron chi connectivity index (χ4n) is 1.55. The third-order valence-corrected chi connectivity index (χ3v) is 2.30. The molecule has 0 unspecified atom stereocenters.